The average Bonchev–Trinajstić information content (AvgIpc) is 3.05. The summed E-state index contributed by atoms with van der Waals surface area (Å²) in [6.07, 6.45) is 11.4. The molecule has 4 N–H and O–H groups in total. The Morgan fingerprint density at radius 1 is 0.915 bits per heavy atom. The number of hydrogen-bond acceptors (Lipinski definition) is 7. The molecule has 0 aromatic heterocycles. The third-order valence-corrected chi connectivity index (χ3v) is 9.45. The molecule has 1 saturated carbocycles. The van der Waals surface area contributed by atoms with Crippen molar-refractivity contribution < 1.29 is 33.4 Å². The number of ether oxygens (including phenoxy) is 2. The summed E-state index contributed by atoms with van der Waals surface area (Å²) in [5.41, 5.74) is 5.58. The van der Waals surface area contributed by atoms with Crippen LogP contribution in [0.25, 0.3) is 0 Å². The van der Waals surface area contributed by atoms with Gasteiger partial charge in [-0.25, -0.2) is 0 Å². The van der Waals surface area contributed by atoms with Gasteiger partial charge in [-0.1, -0.05) is 77.8 Å². The fourth-order valence-electron chi connectivity index (χ4n) is 6.01. The lowest BCUT2D eigenvalue weighted by Crippen LogP contribution is -2.45. The van der Waals surface area contributed by atoms with Crippen LogP contribution in [0.3, 0.4) is 0 Å². The summed E-state index contributed by atoms with van der Waals surface area (Å²) in [5, 5.41) is 5.92. The maximum absolute atomic E-state index is 13.7. The Morgan fingerprint density at radius 3 is 2.23 bits per heavy atom. The van der Waals surface area contributed by atoms with Crippen LogP contribution in [0.1, 0.15) is 130 Å². The van der Waals surface area contributed by atoms with Crippen LogP contribution >= 0.6 is 0 Å². The fourth-order valence-corrected chi connectivity index (χ4v) is 6.01. The number of ketones is 1. The van der Waals surface area contributed by atoms with E-state index in [4.69, 9.17) is 15.2 Å². The summed E-state index contributed by atoms with van der Waals surface area (Å²) in [7, 11) is 0. The third kappa shape index (κ3) is 14.9. The minimum Gasteiger partial charge on any atom is -0.457 e. The zero-order valence-corrected chi connectivity index (χ0v) is 29.2. The van der Waals surface area contributed by atoms with Gasteiger partial charge in [-0.3, -0.25) is 24.0 Å². The molecule has 0 radical (unpaired) electrons. The van der Waals surface area contributed by atoms with Crippen LogP contribution in [-0.4, -0.2) is 48.9 Å². The molecule has 10 heteroatoms. The first-order valence-electron chi connectivity index (χ1n) is 17.8. The minimum absolute atomic E-state index is 0.0217. The maximum atomic E-state index is 13.7. The molecule has 1 aliphatic rings. The number of primary amides is 1. The Kier molecular flexibility index (Phi) is 18.1. The number of esters is 1. The predicted octanol–water partition coefficient (Wildman–Crippen LogP) is 5.93. The molecule has 1 aliphatic carbocycles. The number of nitrogens with two attached hydrogens (primary N) is 1. The van der Waals surface area contributed by atoms with E-state index >= 15 is 0 Å². The molecule has 3 unspecified atom stereocenters. The molecule has 3 atom stereocenters. The molecule has 0 heterocycles. The summed E-state index contributed by atoms with van der Waals surface area (Å²) < 4.78 is 11.1. The number of carbonyl (C=O) groups is 5. The summed E-state index contributed by atoms with van der Waals surface area (Å²) >= 11 is 0. The van der Waals surface area contributed by atoms with Crippen LogP contribution in [0.2, 0.25) is 0 Å². The highest BCUT2D eigenvalue weighted by Crippen LogP contribution is 2.36. The molecule has 1 aromatic carbocycles. The van der Waals surface area contributed by atoms with Crippen molar-refractivity contribution in [2.24, 2.45) is 23.0 Å². The topological polar surface area (TPSA) is 154 Å². The van der Waals surface area contributed by atoms with Gasteiger partial charge in [0.15, 0.2) is 5.78 Å². The standard InChI is InChI=1S/C37H59N3O7/c1-5-7-10-16-34(43)40-31(32(41)25-30(27(3)6-2)35(44)39-23-14-8-11-15-33(38)42)24-28-17-19-29(20-18-28)46-26-47-36(45)37(4)21-12-9-13-22-37/h17-20,27,30-31H,5-16,21-26H2,1-4H3,(H2,38,42)(H,39,44)(H,40,43). The van der Waals surface area contributed by atoms with Gasteiger partial charge in [0, 0.05) is 31.7 Å². The van der Waals surface area contributed by atoms with Gasteiger partial charge in [-0.2, -0.15) is 0 Å². The van der Waals surface area contributed by atoms with E-state index in [0.29, 0.717) is 31.6 Å². The average molecular weight is 658 g/mol. The number of carbonyl (C=O) groups excluding carboxylic acids is 5. The van der Waals surface area contributed by atoms with Gasteiger partial charge in [0.2, 0.25) is 24.5 Å². The summed E-state index contributed by atoms with van der Waals surface area (Å²) in [6, 6.07) is 6.41. The number of unbranched alkanes of at least 4 members (excludes halogenated alkanes) is 4. The molecule has 2 rings (SSSR count). The van der Waals surface area contributed by atoms with Crippen molar-refractivity contribution in [2.75, 3.05) is 13.3 Å². The molecule has 10 nitrogen and oxygen atoms in total. The van der Waals surface area contributed by atoms with E-state index in [1.54, 1.807) is 12.1 Å². The highest BCUT2D eigenvalue weighted by Gasteiger charge is 2.36. The number of benzene rings is 1. The van der Waals surface area contributed by atoms with E-state index in [0.717, 1.165) is 76.2 Å². The normalized spacial score (nSPS) is 15.9. The summed E-state index contributed by atoms with van der Waals surface area (Å²) in [6.45, 7) is 8.28. The molecule has 47 heavy (non-hydrogen) atoms. The Morgan fingerprint density at radius 2 is 1.60 bits per heavy atom. The van der Waals surface area contributed by atoms with Crippen LogP contribution in [0.4, 0.5) is 0 Å². The lowest BCUT2D eigenvalue weighted by Gasteiger charge is -2.30. The third-order valence-electron chi connectivity index (χ3n) is 9.45. The van der Waals surface area contributed by atoms with E-state index in [2.05, 4.69) is 17.6 Å². The highest BCUT2D eigenvalue weighted by molar-refractivity contribution is 5.92. The van der Waals surface area contributed by atoms with Gasteiger partial charge in [0.1, 0.15) is 5.75 Å². The van der Waals surface area contributed by atoms with Crippen LogP contribution in [0.15, 0.2) is 24.3 Å². The second-order valence-electron chi connectivity index (χ2n) is 13.5. The van der Waals surface area contributed by atoms with Crippen molar-refractivity contribution in [3.8, 4) is 5.75 Å². The van der Waals surface area contributed by atoms with Gasteiger partial charge in [-0.05, 0) is 69.1 Å². The van der Waals surface area contributed by atoms with Crippen molar-refractivity contribution >= 4 is 29.5 Å². The lowest BCUT2D eigenvalue weighted by atomic mass is 9.76. The zero-order chi connectivity index (χ0) is 34.7. The van der Waals surface area contributed by atoms with E-state index < -0.39 is 17.4 Å². The van der Waals surface area contributed by atoms with Gasteiger partial charge >= 0.3 is 5.97 Å². The molecule has 0 spiro atoms. The minimum atomic E-state index is -0.777. The van der Waals surface area contributed by atoms with Crippen molar-refractivity contribution in [1.29, 1.82) is 0 Å². The molecule has 0 saturated heterocycles. The zero-order valence-electron chi connectivity index (χ0n) is 29.2. The molecule has 264 valence electrons. The molecule has 0 aliphatic heterocycles. The Balaban J connectivity index is 2.02. The van der Waals surface area contributed by atoms with Crippen molar-refractivity contribution in [1.82, 2.24) is 10.6 Å². The fraction of sp³-hybridized carbons (Fsp3) is 0.703. The van der Waals surface area contributed by atoms with Crippen LogP contribution < -0.4 is 21.1 Å². The Labute approximate surface area is 281 Å². The smallest absolute Gasteiger partial charge is 0.314 e. The molecule has 3 amide bonds. The first-order valence-corrected chi connectivity index (χ1v) is 17.8. The first kappa shape index (κ1) is 39.7. The van der Waals surface area contributed by atoms with E-state index in [9.17, 15) is 24.0 Å². The van der Waals surface area contributed by atoms with Gasteiger partial charge in [0.25, 0.3) is 0 Å². The first-order chi connectivity index (χ1) is 22.5. The number of nitrogens with one attached hydrogen (secondary N) is 2. The molecule has 0 bridgehead atoms. The lowest BCUT2D eigenvalue weighted by molar-refractivity contribution is -0.163. The van der Waals surface area contributed by atoms with E-state index in [-0.39, 0.29) is 55.0 Å². The quantitative estimate of drug-likeness (QED) is 0.0749. The van der Waals surface area contributed by atoms with Crippen LogP contribution in [0.5, 0.6) is 5.75 Å². The van der Waals surface area contributed by atoms with Crippen LogP contribution in [-0.2, 0) is 35.1 Å². The van der Waals surface area contributed by atoms with Gasteiger partial charge in [-0.15, -0.1) is 0 Å². The van der Waals surface area contributed by atoms with E-state index in [1.165, 1.54) is 0 Å². The molecular weight excluding hydrogens is 598 g/mol. The number of Topliss-reactive ketones (excluding diaryl/α,β-unsaturated/α-hetero) is 1. The number of rotatable bonds is 23. The Hall–Kier alpha value is -3.43. The molecular formula is C37H59N3O7. The van der Waals surface area contributed by atoms with E-state index in [1.807, 2.05) is 32.9 Å². The SMILES string of the molecule is CCCCCC(=O)NC(Cc1ccc(OCOC(=O)C2(C)CCCCC2)cc1)C(=O)CC(C(=O)NCCCCCC(N)=O)C(C)CC. The van der Waals surface area contributed by atoms with Crippen molar-refractivity contribution in [3.63, 3.8) is 0 Å². The van der Waals surface area contributed by atoms with Crippen molar-refractivity contribution in [3.05, 3.63) is 29.8 Å². The van der Waals surface area contributed by atoms with Gasteiger partial charge < -0.3 is 25.8 Å². The van der Waals surface area contributed by atoms with Crippen LogP contribution in [0, 0.1) is 17.3 Å². The van der Waals surface area contributed by atoms with Gasteiger partial charge in [0.05, 0.1) is 11.5 Å². The Bertz CT molecular complexity index is 1130. The number of amides is 3. The molecule has 1 fully saturated rings. The second kappa shape index (κ2) is 21.4. The summed E-state index contributed by atoms with van der Waals surface area (Å²) in [4.78, 5) is 63.3. The number of hydrogen-bond donors (Lipinski definition) is 3. The highest BCUT2D eigenvalue weighted by atomic mass is 16.7. The predicted molar refractivity (Wildman–Crippen MR) is 182 cm³/mol. The second-order valence-corrected chi connectivity index (χ2v) is 13.5. The monoisotopic (exact) mass is 657 g/mol. The largest absolute Gasteiger partial charge is 0.457 e. The maximum Gasteiger partial charge on any atom is 0.314 e. The summed E-state index contributed by atoms with van der Waals surface area (Å²) in [5.74, 6) is -1.10. The van der Waals surface area contributed by atoms with Crippen molar-refractivity contribution in [2.45, 2.75) is 136 Å². The molecule has 1 aromatic rings.